The van der Waals surface area contributed by atoms with E-state index < -0.39 is 115 Å². The van der Waals surface area contributed by atoms with E-state index in [-0.39, 0.29) is 88.2 Å². The summed E-state index contributed by atoms with van der Waals surface area (Å²) in [5, 5.41) is 46.5. The molecule has 23 N–H and O–H groups in total. The number of guanidine groups is 2. The van der Waals surface area contributed by atoms with Crippen LogP contribution < -0.4 is 71.6 Å². The van der Waals surface area contributed by atoms with E-state index in [1.807, 2.05) is 0 Å². The van der Waals surface area contributed by atoms with Crippen LogP contribution in [-0.4, -0.2) is 171 Å². The zero-order valence-electron chi connectivity index (χ0n) is 39.2. The van der Waals surface area contributed by atoms with Crippen LogP contribution in [0.25, 0.3) is 0 Å². The average Bonchev–Trinajstić information content (AvgIpc) is 3.81. The van der Waals surface area contributed by atoms with Gasteiger partial charge >= 0.3 is 11.9 Å². The molecule has 8 atom stereocenters. The van der Waals surface area contributed by atoms with Crippen LogP contribution in [0, 0.1) is 5.92 Å². The molecule has 29 nitrogen and oxygen atoms in total. The predicted octanol–water partition coefficient (Wildman–Crippen LogP) is -6.56. The Morgan fingerprint density at radius 1 is 0.643 bits per heavy atom. The molecule has 0 bridgehead atoms. The number of aromatic amines is 1. The van der Waals surface area contributed by atoms with Crippen LogP contribution in [0.4, 0.5) is 0 Å². The highest BCUT2D eigenvalue weighted by atomic mass is 32.1. The Labute approximate surface area is 409 Å². The maximum absolute atomic E-state index is 14.0. The lowest BCUT2D eigenvalue weighted by molar-refractivity contribution is -0.142. The van der Waals surface area contributed by atoms with Crippen molar-refractivity contribution in [2.75, 3.05) is 32.0 Å². The Morgan fingerprint density at radius 3 is 1.54 bits per heavy atom. The molecular weight excluding hydrogens is 943 g/mol. The van der Waals surface area contributed by atoms with Crippen molar-refractivity contribution in [1.29, 1.82) is 0 Å². The summed E-state index contributed by atoms with van der Waals surface area (Å²) >= 11 is 4.03. The molecule has 7 amide bonds. The number of carbonyl (C=O) groups is 9. The fraction of sp³-hybridized carbons (Fsp3) is 0.650. The van der Waals surface area contributed by atoms with E-state index >= 15 is 0 Å². The molecular formula is C40H71N17O12S. The Hall–Kier alpha value is -6.79. The van der Waals surface area contributed by atoms with Gasteiger partial charge in [0.2, 0.25) is 41.4 Å². The van der Waals surface area contributed by atoms with Crippen LogP contribution in [0.15, 0.2) is 22.5 Å². The first-order valence-electron chi connectivity index (χ1n) is 22.4. The molecule has 0 aliphatic carbocycles. The Bertz CT molecular complexity index is 1930. The summed E-state index contributed by atoms with van der Waals surface area (Å²) in [6.45, 7) is 2.73. The molecule has 0 saturated carbocycles. The van der Waals surface area contributed by atoms with Gasteiger partial charge in [0, 0.05) is 37.2 Å². The molecule has 0 radical (unpaired) electrons. The molecule has 1 aromatic heterocycles. The first kappa shape index (κ1) is 61.2. The van der Waals surface area contributed by atoms with Crippen molar-refractivity contribution < 1.29 is 58.5 Å². The van der Waals surface area contributed by atoms with Gasteiger partial charge < -0.3 is 91.9 Å². The second-order valence-corrected chi connectivity index (χ2v) is 16.8. The normalized spacial score (nSPS) is 14.4. The van der Waals surface area contributed by atoms with E-state index in [0.717, 1.165) is 0 Å². The molecule has 70 heavy (non-hydrogen) atoms. The number of carboxylic acid groups (broad SMARTS) is 2. The highest BCUT2D eigenvalue weighted by Gasteiger charge is 2.35. The van der Waals surface area contributed by atoms with Gasteiger partial charge in [0.25, 0.3) is 0 Å². The van der Waals surface area contributed by atoms with Crippen molar-refractivity contribution in [3.05, 3.63) is 18.2 Å². The van der Waals surface area contributed by atoms with Gasteiger partial charge in [-0.15, -0.1) is 0 Å². The van der Waals surface area contributed by atoms with Gasteiger partial charge in [-0.25, -0.2) is 9.78 Å². The number of hydrogen-bond acceptors (Lipinski definition) is 16. The van der Waals surface area contributed by atoms with Crippen molar-refractivity contribution in [3.63, 3.8) is 0 Å². The van der Waals surface area contributed by atoms with E-state index in [2.05, 4.69) is 69.8 Å². The first-order chi connectivity index (χ1) is 33.0. The van der Waals surface area contributed by atoms with Crippen molar-refractivity contribution in [2.45, 2.75) is 126 Å². The lowest BCUT2D eigenvalue weighted by atomic mass is 10.0. The molecule has 394 valence electrons. The first-order valence-corrected chi connectivity index (χ1v) is 23.0. The number of aliphatic imine (C=N–C) groups is 2. The maximum atomic E-state index is 14.0. The zero-order chi connectivity index (χ0) is 52.9. The molecule has 0 saturated heterocycles. The summed E-state index contributed by atoms with van der Waals surface area (Å²) in [7, 11) is 0. The van der Waals surface area contributed by atoms with Crippen LogP contribution >= 0.6 is 12.6 Å². The van der Waals surface area contributed by atoms with Crippen molar-refractivity contribution in [1.82, 2.24) is 47.2 Å². The molecule has 1 heterocycles. The standard InChI is InChI=1S/C40H71N17O12S/c1-20(2)13-26(54-31(61)22(42)18-70)34(64)52-23(8-5-11-48-39(43)44)32(62)51-24(9-6-12-49-40(45)46)33(63)56-28(15-30(59)60)36(66)57-29(17-58)37(67)55-27(14-21-16-47-19-50-21)35(65)53-25(38(68)69)7-3-4-10-41/h16,19-20,22-29,58,70H,3-15,17-18,41-42H2,1-2H3,(H,47,50)(H,51,62)(H,52,64)(H,53,65)(H,54,61)(H,55,67)(H,56,63)(H,57,66)(H,59,60)(H,68,69)(H4,43,44,48)(H4,45,46,49)/t22-,23-,24-,25-,26-,27-,28-,29-/m0/s1. The number of aliphatic hydroxyl groups is 1. The number of imidazole rings is 1. The lowest BCUT2D eigenvalue weighted by Crippen LogP contribution is -2.61. The number of carboxylic acids is 2. The number of nitrogens with zero attached hydrogens (tertiary/aromatic N) is 3. The lowest BCUT2D eigenvalue weighted by Gasteiger charge is -2.27. The van der Waals surface area contributed by atoms with Gasteiger partial charge in [-0.2, -0.15) is 12.6 Å². The highest BCUT2D eigenvalue weighted by Crippen LogP contribution is 2.10. The van der Waals surface area contributed by atoms with Gasteiger partial charge in [-0.3, -0.25) is 48.3 Å². The van der Waals surface area contributed by atoms with Crippen LogP contribution in [-0.2, 0) is 49.6 Å². The minimum Gasteiger partial charge on any atom is -0.481 e. The molecule has 0 aliphatic rings. The summed E-state index contributed by atoms with van der Waals surface area (Å²) in [5.74, 6) is -10.5. The fourth-order valence-electron chi connectivity index (χ4n) is 6.40. The van der Waals surface area contributed by atoms with Crippen LogP contribution in [0.5, 0.6) is 0 Å². The topological polar surface area (TPSA) is 508 Å². The van der Waals surface area contributed by atoms with E-state index in [9.17, 15) is 58.5 Å². The summed E-state index contributed by atoms with van der Waals surface area (Å²) in [5.41, 5.74) is 33.4. The molecule has 1 aromatic rings. The van der Waals surface area contributed by atoms with Gasteiger partial charge in [-0.1, -0.05) is 13.8 Å². The maximum Gasteiger partial charge on any atom is 0.326 e. The Morgan fingerprint density at radius 2 is 1.09 bits per heavy atom. The summed E-state index contributed by atoms with van der Waals surface area (Å²) in [4.78, 5) is 133. The molecule has 1 rings (SSSR count). The molecule has 0 aromatic carbocycles. The van der Waals surface area contributed by atoms with Gasteiger partial charge in [0.05, 0.1) is 25.4 Å². The van der Waals surface area contributed by atoms with Crippen molar-refractivity contribution in [2.24, 2.45) is 50.3 Å². The second kappa shape index (κ2) is 32.9. The van der Waals surface area contributed by atoms with Gasteiger partial charge in [-0.05, 0) is 63.8 Å². The van der Waals surface area contributed by atoms with E-state index in [0.29, 0.717) is 18.5 Å². The number of hydrogen-bond donors (Lipinski definition) is 18. The predicted molar refractivity (Wildman–Crippen MR) is 257 cm³/mol. The molecule has 0 fully saturated rings. The molecule has 30 heteroatoms. The quantitative estimate of drug-likeness (QED) is 0.0130. The van der Waals surface area contributed by atoms with Crippen molar-refractivity contribution in [3.8, 4) is 0 Å². The minimum atomic E-state index is -1.96. The molecule has 0 spiro atoms. The van der Waals surface area contributed by atoms with Crippen LogP contribution in [0.1, 0.15) is 77.3 Å². The number of carbonyl (C=O) groups excluding carboxylic acids is 7. The number of amides is 7. The number of rotatable bonds is 35. The Balaban J connectivity index is 3.49. The van der Waals surface area contributed by atoms with E-state index in [4.69, 9.17) is 34.4 Å². The van der Waals surface area contributed by atoms with E-state index in [1.165, 1.54) is 12.5 Å². The fourth-order valence-corrected chi connectivity index (χ4v) is 6.56. The monoisotopic (exact) mass is 1010 g/mol. The smallest absolute Gasteiger partial charge is 0.326 e. The second-order valence-electron chi connectivity index (χ2n) is 16.4. The number of nitrogens with two attached hydrogens (primary N) is 6. The van der Waals surface area contributed by atoms with Gasteiger partial charge in [0.15, 0.2) is 11.9 Å². The Kier molecular flexibility index (Phi) is 28.7. The van der Waals surface area contributed by atoms with Crippen molar-refractivity contribution >= 4 is 77.8 Å². The molecule has 0 unspecified atom stereocenters. The van der Waals surface area contributed by atoms with Crippen LogP contribution in [0.2, 0.25) is 0 Å². The number of H-pyrrole nitrogens is 1. The number of aliphatic hydroxyl groups excluding tert-OH is 1. The summed E-state index contributed by atoms with van der Waals surface area (Å²) in [6, 6.07) is -11.9. The highest BCUT2D eigenvalue weighted by molar-refractivity contribution is 7.80. The van der Waals surface area contributed by atoms with Crippen LogP contribution in [0.3, 0.4) is 0 Å². The number of nitrogens with one attached hydrogen (secondary N) is 8. The number of unbranched alkanes of at least 4 members (excludes halogenated alkanes) is 1. The zero-order valence-corrected chi connectivity index (χ0v) is 40.1. The summed E-state index contributed by atoms with van der Waals surface area (Å²) < 4.78 is 0. The summed E-state index contributed by atoms with van der Waals surface area (Å²) in [6.07, 6.45) is 2.08. The van der Waals surface area contributed by atoms with Gasteiger partial charge in [0.1, 0.15) is 42.3 Å². The third-order valence-corrected chi connectivity index (χ3v) is 10.4. The third kappa shape index (κ3) is 24.5. The number of aromatic nitrogens is 2. The van der Waals surface area contributed by atoms with E-state index in [1.54, 1.807) is 13.8 Å². The minimum absolute atomic E-state index is 0.0145. The molecule has 0 aliphatic heterocycles. The SMILES string of the molecule is CC(C)C[C@H](NC(=O)[C@@H](N)CS)C(=O)N[C@@H](CCCN=C(N)N)C(=O)N[C@@H](CCCN=C(N)N)C(=O)N[C@@H](CC(=O)O)C(=O)N[C@@H](CO)C(=O)N[C@@H](Cc1cnc[nH]1)C(=O)N[C@@H](CCCCN)C(=O)O. The number of thiol groups is 1. The third-order valence-electron chi connectivity index (χ3n) is 10.0. The largest absolute Gasteiger partial charge is 0.481 e. The number of aliphatic carboxylic acids is 2. The average molecular weight is 1010 g/mol.